The number of nitrogens with zero attached hydrogens (tertiary/aromatic N) is 18. The van der Waals surface area contributed by atoms with Crippen molar-refractivity contribution >= 4 is 58.3 Å². The lowest BCUT2D eigenvalue weighted by atomic mass is 9.99. The van der Waals surface area contributed by atoms with Crippen molar-refractivity contribution in [3.63, 3.8) is 0 Å². The normalized spacial score (nSPS) is 14.0. The molecule has 3 fully saturated rings. The van der Waals surface area contributed by atoms with Gasteiger partial charge in [0.2, 0.25) is 0 Å². The van der Waals surface area contributed by atoms with Crippen LogP contribution in [0.4, 0.5) is 34.9 Å². The first-order chi connectivity index (χ1) is 63.2. The summed E-state index contributed by atoms with van der Waals surface area (Å²) in [4.78, 5) is 76.7. The van der Waals surface area contributed by atoms with Gasteiger partial charge in [0.25, 0.3) is 0 Å². The van der Waals surface area contributed by atoms with E-state index in [2.05, 4.69) is 193 Å². The molecular formula is C99H133N24O8PS. The topological polar surface area (TPSA) is 478 Å². The summed E-state index contributed by atoms with van der Waals surface area (Å²) in [5, 5.41) is 0.459. The minimum Gasteiger partial charge on any atom is -0.451 e. The molecule has 34 heteroatoms. The SMILES string of the molecule is CC[C@@H](C)c1cc(Oc2cnc(C)nc2N)c(C(C)C)cn1.CC[C@H](C)c1cc(Oc2cnc(C)nc2N)c(C(C)C)cn1.Cc1ncc(Oc2cc(C3CC3)ncc2C(C)C)c(N)n1.Cc1ncc(Oc2cc(C3CCCC3)ncc2C(C)C)c(N)n1.Cc1ncc(Oc2cc(P3(=O)CCCC3)ncc2C(C)C)c(N)n1.Cc1ncc(Oc2cc(S(C)=O)ncc2C(C)C)c(N)n1. The van der Waals surface area contributed by atoms with Gasteiger partial charge in [-0.1, -0.05) is 124 Å². The Morgan fingerprint density at radius 2 is 0.564 bits per heavy atom. The van der Waals surface area contributed by atoms with Gasteiger partial charge in [-0.3, -0.25) is 29.1 Å². The number of pyridine rings is 6. The predicted molar refractivity (Wildman–Crippen MR) is 527 cm³/mol. The van der Waals surface area contributed by atoms with E-state index in [1.807, 2.05) is 69.8 Å². The summed E-state index contributed by atoms with van der Waals surface area (Å²) in [6, 6.07) is 11.6. The summed E-state index contributed by atoms with van der Waals surface area (Å²) in [5.41, 5.74) is 46.5. The maximum absolute atomic E-state index is 13.0. The van der Waals surface area contributed by atoms with E-state index in [0.29, 0.717) is 168 Å². The Morgan fingerprint density at radius 3 is 0.827 bits per heavy atom. The van der Waals surface area contributed by atoms with Gasteiger partial charge < -0.3 is 67.4 Å². The third-order valence-corrected chi connectivity index (χ3v) is 26.9. The third kappa shape index (κ3) is 28.5. The summed E-state index contributed by atoms with van der Waals surface area (Å²) in [7, 11) is -3.56. The Labute approximate surface area is 785 Å². The van der Waals surface area contributed by atoms with E-state index >= 15 is 0 Å². The number of anilines is 6. The molecule has 1 aliphatic heterocycles. The van der Waals surface area contributed by atoms with Crippen molar-refractivity contribution in [2.45, 2.75) is 281 Å². The van der Waals surface area contributed by atoms with Gasteiger partial charge in [-0.15, -0.1) is 0 Å². The van der Waals surface area contributed by atoms with Crippen LogP contribution >= 0.6 is 7.14 Å². The molecule has 12 aromatic rings. The van der Waals surface area contributed by atoms with Gasteiger partial charge in [-0.25, -0.2) is 64.8 Å². The third-order valence-electron chi connectivity index (χ3n) is 22.9. The summed E-state index contributed by atoms with van der Waals surface area (Å²) >= 11 is 0. The molecule has 0 aromatic carbocycles. The van der Waals surface area contributed by atoms with Crippen LogP contribution in [-0.4, -0.2) is 113 Å². The first-order valence-electron chi connectivity index (χ1n) is 45.7. The summed E-state index contributed by atoms with van der Waals surface area (Å²) in [6.07, 6.45) is 35.2. The number of ether oxygens (including phenoxy) is 6. The molecule has 12 N–H and O–H groups in total. The van der Waals surface area contributed by atoms with E-state index in [4.69, 9.17) is 62.8 Å². The molecule has 13 heterocycles. The van der Waals surface area contributed by atoms with Crippen LogP contribution in [0.15, 0.2) is 116 Å². The van der Waals surface area contributed by atoms with Gasteiger partial charge in [0.05, 0.1) is 48.0 Å². The highest BCUT2D eigenvalue weighted by Crippen LogP contribution is 2.52. The van der Waals surface area contributed by atoms with Gasteiger partial charge in [0, 0.05) is 160 Å². The molecule has 1 saturated heterocycles. The van der Waals surface area contributed by atoms with Crippen molar-refractivity contribution < 1.29 is 37.2 Å². The van der Waals surface area contributed by atoms with Crippen LogP contribution in [0, 0.1) is 41.5 Å². The van der Waals surface area contributed by atoms with Crippen molar-refractivity contribution in [2.75, 3.05) is 53.0 Å². The van der Waals surface area contributed by atoms with Crippen LogP contribution in [0.2, 0.25) is 0 Å². The van der Waals surface area contributed by atoms with Gasteiger partial charge in [-0.05, 0) is 140 Å². The highest BCUT2D eigenvalue weighted by Gasteiger charge is 2.33. The monoisotopic (exact) mass is 1850 g/mol. The first-order valence-corrected chi connectivity index (χ1v) is 49.4. The number of aromatic nitrogens is 18. The molecule has 2 saturated carbocycles. The number of hydrogen-bond donors (Lipinski definition) is 6. The average molecular weight is 1850 g/mol. The first kappa shape index (κ1) is 102. The van der Waals surface area contributed by atoms with Gasteiger partial charge in [-0.2, -0.15) is 0 Å². The largest absolute Gasteiger partial charge is 0.451 e. The molecule has 3 aliphatic rings. The second-order valence-electron chi connectivity index (χ2n) is 35.6. The number of rotatable bonds is 26. The Kier molecular flexibility index (Phi) is 36.3. The standard InChI is InChI=1S/C18H24N4O.C17H23N4O2P.2C17H24N4O.C16H20N4O.C14H18N4O2S/c1-11(2)14-9-21-15(13-6-4-5-7-13)8-16(14)23-17-10-20-12(3)22-18(17)19;1-11(2)13-9-20-16(24(22)6-4-5-7-24)8-14(13)23-15-10-19-12(3)21-17(15)18;2*1-6-11(4)14-7-15(13(8-20-14)10(2)3)22-16-9-19-12(5)21-17(16)18;1-9(2)12-7-19-13(11-4-5-11)6-14(12)21-15-8-18-10(3)20-16(15)17;1-8(2)10-6-17-13(21(4)19)5-11(10)20-12-7-16-9(3)18-14(12)15/h8-11,13H,4-7H2,1-3H3,(H2,19,20,22);8-11H,4-7H2,1-3H3,(H2,18,19,21);2*7-11H,6H2,1-5H3,(H2,18,19,21);6-9,11H,4-5H2,1-3H3,(H2,17,18,20);5-8H,1-4H3,(H2,15,16,18)/t;;2*11-;;/m..10../s1. The lowest BCUT2D eigenvalue weighted by Gasteiger charge is -2.17. The highest BCUT2D eigenvalue weighted by atomic mass is 32.2. The van der Waals surface area contributed by atoms with Crippen molar-refractivity contribution in [3.8, 4) is 69.0 Å². The quantitative estimate of drug-likeness (QED) is 0.0274. The molecule has 3 atom stereocenters. The molecule has 15 rings (SSSR count). The van der Waals surface area contributed by atoms with Crippen LogP contribution in [0.1, 0.15) is 325 Å². The molecule has 32 nitrogen and oxygen atoms in total. The fourth-order valence-corrected chi connectivity index (χ4v) is 17.6. The summed E-state index contributed by atoms with van der Waals surface area (Å²) in [6.45, 7) is 44.5. The molecule has 133 heavy (non-hydrogen) atoms. The van der Waals surface area contributed by atoms with Crippen molar-refractivity contribution in [1.29, 1.82) is 0 Å². The van der Waals surface area contributed by atoms with Crippen LogP contribution < -0.4 is 68.3 Å². The maximum atomic E-state index is 13.0. The Hall–Kier alpha value is -12.6. The molecule has 0 spiro atoms. The molecule has 0 radical (unpaired) electrons. The molecule has 708 valence electrons. The van der Waals surface area contributed by atoms with E-state index in [0.717, 1.165) is 117 Å². The number of nitrogens with two attached hydrogens (primary N) is 6. The van der Waals surface area contributed by atoms with E-state index in [9.17, 15) is 8.77 Å². The summed E-state index contributed by atoms with van der Waals surface area (Å²) < 4.78 is 60.5. The highest BCUT2D eigenvalue weighted by molar-refractivity contribution is 7.84. The molecule has 2 aliphatic carbocycles. The van der Waals surface area contributed by atoms with Crippen molar-refractivity contribution in [2.24, 2.45) is 0 Å². The summed E-state index contributed by atoms with van der Waals surface area (Å²) in [5.74, 6) is 16.4. The maximum Gasteiger partial charge on any atom is 0.187 e. The fourth-order valence-electron chi connectivity index (χ4n) is 14.4. The van der Waals surface area contributed by atoms with E-state index in [1.54, 1.807) is 90.3 Å². The Balaban J connectivity index is 0.000000165. The van der Waals surface area contributed by atoms with Crippen LogP contribution in [0.3, 0.4) is 0 Å². The fraction of sp³-hybridized carbons (Fsp3) is 0.455. The Bertz CT molecular complexity index is 5910. The van der Waals surface area contributed by atoms with Gasteiger partial charge in [0.1, 0.15) is 87.0 Å². The molecule has 12 aromatic heterocycles. The second-order valence-corrected chi connectivity index (χ2v) is 40.1. The lowest BCUT2D eigenvalue weighted by molar-refractivity contribution is 0.467. The van der Waals surface area contributed by atoms with Gasteiger partial charge in [0.15, 0.2) is 69.4 Å². The number of nitrogen functional groups attached to an aromatic ring is 6. The zero-order valence-corrected chi connectivity index (χ0v) is 83.0. The van der Waals surface area contributed by atoms with Crippen LogP contribution in [-0.2, 0) is 15.4 Å². The zero-order chi connectivity index (χ0) is 96.8. The number of hydrogen-bond acceptors (Lipinski definition) is 32. The molecule has 0 bridgehead atoms. The zero-order valence-electron chi connectivity index (χ0n) is 81.3. The van der Waals surface area contributed by atoms with Crippen molar-refractivity contribution in [3.05, 3.63) is 202 Å². The van der Waals surface area contributed by atoms with Crippen LogP contribution in [0.5, 0.6) is 69.0 Å². The van der Waals surface area contributed by atoms with Gasteiger partial charge >= 0.3 is 0 Å². The van der Waals surface area contributed by atoms with E-state index < -0.39 is 17.9 Å². The van der Waals surface area contributed by atoms with Crippen molar-refractivity contribution in [1.82, 2.24) is 89.7 Å². The van der Waals surface area contributed by atoms with E-state index in [1.165, 1.54) is 44.7 Å². The van der Waals surface area contributed by atoms with E-state index in [-0.39, 0.29) is 17.7 Å². The minimum absolute atomic E-state index is 0.208. The molecule has 1 unspecified atom stereocenters. The molecular weight excluding hydrogens is 1720 g/mol. The predicted octanol–water partition coefficient (Wildman–Crippen LogP) is 22.1. The lowest BCUT2D eigenvalue weighted by Crippen LogP contribution is -2.13. The smallest absolute Gasteiger partial charge is 0.187 e. The minimum atomic E-state index is -2.38. The molecule has 0 amide bonds. The Morgan fingerprint density at radius 1 is 0.316 bits per heavy atom. The van der Waals surface area contributed by atoms with Crippen LogP contribution in [0.25, 0.3) is 0 Å². The second kappa shape index (κ2) is 47.1. The number of aryl methyl sites for hydroxylation is 6. The average Bonchev–Trinajstić information content (AvgIpc) is 1.72.